The minimum absolute atomic E-state index is 0.0779. The minimum atomic E-state index is -0.384. The number of anilines is 1. The second-order valence-corrected chi connectivity index (χ2v) is 6.47. The zero-order valence-electron chi connectivity index (χ0n) is 12.4. The van der Waals surface area contributed by atoms with Gasteiger partial charge >= 0.3 is 0 Å². The first kappa shape index (κ1) is 14.8. The lowest BCUT2D eigenvalue weighted by atomic mass is 9.64. The number of hydrogen-bond donors (Lipinski definition) is 2. The van der Waals surface area contributed by atoms with E-state index in [1.165, 1.54) is 11.3 Å². The van der Waals surface area contributed by atoms with Crippen molar-refractivity contribution in [3.8, 4) is 0 Å². The van der Waals surface area contributed by atoms with E-state index in [9.17, 15) is 9.59 Å². The van der Waals surface area contributed by atoms with E-state index in [4.69, 9.17) is 0 Å². The number of carbonyl (C=O) groups is 2. The Morgan fingerprint density at radius 1 is 1.14 bits per heavy atom. The predicted molar refractivity (Wildman–Crippen MR) is 88.3 cm³/mol. The molecule has 114 valence electrons. The average Bonchev–Trinajstić information content (AvgIpc) is 3.02. The van der Waals surface area contributed by atoms with Crippen molar-refractivity contribution in [2.24, 2.45) is 0 Å². The van der Waals surface area contributed by atoms with Crippen LogP contribution in [0.1, 0.15) is 34.5 Å². The molecule has 2 N–H and O–H groups in total. The van der Waals surface area contributed by atoms with Crippen molar-refractivity contribution in [1.29, 1.82) is 0 Å². The van der Waals surface area contributed by atoms with Gasteiger partial charge in [-0.1, -0.05) is 24.6 Å². The standard InChI is InChI=1S/C17H18N2O2S/c1-18-16(21)17(9-3-10-17)12-5-7-13(8-6-12)19-15(20)14-4-2-11-22-14/h2,4-8,11H,3,9-10H2,1H3,(H,18,21)(H,19,20). The first-order chi connectivity index (χ1) is 10.7. The molecule has 1 aliphatic carbocycles. The van der Waals surface area contributed by atoms with E-state index in [0.717, 1.165) is 30.5 Å². The van der Waals surface area contributed by atoms with Gasteiger partial charge in [0.2, 0.25) is 5.91 Å². The highest BCUT2D eigenvalue weighted by atomic mass is 32.1. The third kappa shape index (κ3) is 2.52. The third-order valence-corrected chi connectivity index (χ3v) is 5.18. The van der Waals surface area contributed by atoms with Gasteiger partial charge in [-0.2, -0.15) is 0 Å². The molecule has 1 saturated carbocycles. The Hall–Kier alpha value is -2.14. The molecule has 1 heterocycles. The van der Waals surface area contributed by atoms with Crippen LogP contribution >= 0.6 is 11.3 Å². The molecule has 0 unspecified atom stereocenters. The van der Waals surface area contributed by atoms with Gasteiger partial charge < -0.3 is 10.6 Å². The first-order valence-electron chi connectivity index (χ1n) is 7.33. The van der Waals surface area contributed by atoms with E-state index in [2.05, 4.69) is 10.6 Å². The highest BCUT2D eigenvalue weighted by Crippen LogP contribution is 2.44. The molecule has 0 aliphatic heterocycles. The van der Waals surface area contributed by atoms with Crippen LogP contribution in [0.25, 0.3) is 0 Å². The summed E-state index contributed by atoms with van der Waals surface area (Å²) in [4.78, 5) is 24.9. The zero-order chi connectivity index (χ0) is 15.6. The molecule has 1 fully saturated rings. The van der Waals surface area contributed by atoms with Gasteiger partial charge in [-0.25, -0.2) is 0 Å². The van der Waals surface area contributed by atoms with Crippen molar-refractivity contribution in [3.05, 3.63) is 52.2 Å². The van der Waals surface area contributed by atoms with Crippen LogP contribution in [0.4, 0.5) is 5.69 Å². The van der Waals surface area contributed by atoms with Gasteiger partial charge in [-0.3, -0.25) is 9.59 Å². The molecule has 0 spiro atoms. The molecule has 2 aromatic rings. The normalized spacial score (nSPS) is 15.7. The number of nitrogens with one attached hydrogen (secondary N) is 2. The van der Waals surface area contributed by atoms with Crippen LogP contribution < -0.4 is 10.6 Å². The van der Waals surface area contributed by atoms with Crippen LogP contribution in [0.2, 0.25) is 0 Å². The lowest BCUT2D eigenvalue weighted by Gasteiger charge is -2.40. The van der Waals surface area contributed by atoms with E-state index in [0.29, 0.717) is 4.88 Å². The summed E-state index contributed by atoms with van der Waals surface area (Å²) < 4.78 is 0. The SMILES string of the molecule is CNC(=O)C1(c2ccc(NC(=O)c3cccs3)cc2)CCC1. The smallest absolute Gasteiger partial charge is 0.265 e. The molecule has 0 radical (unpaired) electrons. The monoisotopic (exact) mass is 314 g/mol. The summed E-state index contributed by atoms with van der Waals surface area (Å²) in [6.45, 7) is 0. The molecule has 2 amide bonds. The summed E-state index contributed by atoms with van der Waals surface area (Å²) in [6, 6.07) is 11.3. The minimum Gasteiger partial charge on any atom is -0.358 e. The number of hydrogen-bond acceptors (Lipinski definition) is 3. The van der Waals surface area contributed by atoms with E-state index in [1.807, 2.05) is 35.7 Å². The fourth-order valence-corrected chi connectivity index (χ4v) is 3.51. The van der Waals surface area contributed by atoms with Crippen LogP contribution in [0.15, 0.2) is 41.8 Å². The van der Waals surface area contributed by atoms with Crippen molar-refractivity contribution in [1.82, 2.24) is 5.32 Å². The number of likely N-dealkylation sites (N-methyl/N-ethyl adjacent to an activating group) is 1. The fraction of sp³-hybridized carbons (Fsp3) is 0.294. The second kappa shape index (κ2) is 5.93. The molecule has 22 heavy (non-hydrogen) atoms. The van der Waals surface area contributed by atoms with Crippen molar-refractivity contribution in [3.63, 3.8) is 0 Å². The second-order valence-electron chi connectivity index (χ2n) is 5.52. The number of carbonyl (C=O) groups excluding carboxylic acids is 2. The quantitative estimate of drug-likeness (QED) is 0.910. The van der Waals surface area contributed by atoms with Crippen LogP contribution in [0.5, 0.6) is 0 Å². The van der Waals surface area contributed by atoms with Gasteiger partial charge in [-0.05, 0) is 42.0 Å². The van der Waals surface area contributed by atoms with Gasteiger partial charge in [0.15, 0.2) is 0 Å². The topological polar surface area (TPSA) is 58.2 Å². The maximum atomic E-state index is 12.2. The summed E-state index contributed by atoms with van der Waals surface area (Å²) in [5.74, 6) is -0.0264. The van der Waals surface area contributed by atoms with E-state index >= 15 is 0 Å². The highest BCUT2D eigenvalue weighted by Gasteiger charge is 2.44. The van der Waals surface area contributed by atoms with Gasteiger partial charge in [-0.15, -0.1) is 11.3 Å². The Morgan fingerprint density at radius 2 is 1.86 bits per heavy atom. The Kier molecular flexibility index (Phi) is 3.98. The zero-order valence-corrected chi connectivity index (χ0v) is 13.2. The molecule has 1 aromatic carbocycles. The molecule has 0 atom stereocenters. The lowest BCUT2D eigenvalue weighted by molar-refractivity contribution is -0.129. The molecule has 3 rings (SSSR count). The Bertz CT molecular complexity index is 673. The van der Waals surface area contributed by atoms with Crippen molar-refractivity contribution >= 4 is 28.8 Å². The van der Waals surface area contributed by atoms with Gasteiger partial charge in [0.25, 0.3) is 5.91 Å². The predicted octanol–water partition coefficient (Wildman–Crippen LogP) is 3.17. The largest absolute Gasteiger partial charge is 0.358 e. The van der Waals surface area contributed by atoms with Crippen molar-refractivity contribution in [2.75, 3.05) is 12.4 Å². The van der Waals surface area contributed by atoms with Crippen LogP contribution in [0, 0.1) is 0 Å². The van der Waals surface area contributed by atoms with Crippen molar-refractivity contribution < 1.29 is 9.59 Å². The molecule has 1 aliphatic rings. The average molecular weight is 314 g/mol. The maximum Gasteiger partial charge on any atom is 0.265 e. The first-order valence-corrected chi connectivity index (χ1v) is 8.21. The number of thiophene rings is 1. The maximum absolute atomic E-state index is 12.2. The highest BCUT2D eigenvalue weighted by molar-refractivity contribution is 7.12. The molecular weight excluding hydrogens is 296 g/mol. The lowest BCUT2D eigenvalue weighted by Crippen LogP contribution is -2.48. The van der Waals surface area contributed by atoms with Gasteiger partial charge in [0.05, 0.1) is 10.3 Å². The summed E-state index contributed by atoms with van der Waals surface area (Å²) in [7, 11) is 1.68. The fourth-order valence-electron chi connectivity index (χ4n) is 2.89. The third-order valence-electron chi connectivity index (χ3n) is 4.31. The van der Waals surface area contributed by atoms with Crippen molar-refractivity contribution in [2.45, 2.75) is 24.7 Å². The van der Waals surface area contributed by atoms with Gasteiger partial charge in [0.1, 0.15) is 0 Å². The Balaban J connectivity index is 1.75. The van der Waals surface area contributed by atoms with Crippen LogP contribution in [-0.2, 0) is 10.2 Å². The molecule has 0 bridgehead atoms. The van der Waals surface area contributed by atoms with Crippen LogP contribution in [-0.4, -0.2) is 18.9 Å². The number of benzene rings is 1. The van der Waals surface area contributed by atoms with E-state index in [1.54, 1.807) is 13.1 Å². The molecule has 0 saturated heterocycles. The van der Waals surface area contributed by atoms with E-state index < -0.39 is 0 Å². The van der Waals surface area contributed by atoms with Gasteiger partial charge in [0, 0.05) is 12.7 Å². The number of amides is 2. The molecule has 5 heteroatoms. The molecular formula is C17H18N2O2S. The summed E-state index contributed by atoms with van der Waals surface area (Å²) in [5, 5.41) is 7.51. The summed E-state index contributed by atoms with van der Waals surface area (Å²) in [5.41, 5.74) is 1.38. The number of rotatable bonds is 4. The summed E-state index contributed by atoms with van der Waals surface area (Å²) >= 11 is 1.41. The molecule has 4 nitrogen and oxygen atoms in total. The molecule has 1 aromatic heterocycles. The van der Waals surface area contributed by atoms with E-state index in [-0.39, 0.29) is 17.2 Å². The summed E-state index contributed by atoms with van der Waals surface area (Å²) in [6.07, 6.45) is 2.84. The van der Waals surface area contributed by atoms with Crippen LogP contribution in [0.3, 0.4) is 0 Å². The Morgan fingerprint density at radius 3 is 2.36 bits per heavy atom. The Labute approximate surface area is 133 Å².